The van der Waals surface area contributed by atoms with Gasteiger partial charge in [-0.15, -0.1) is 0 Å². The zero-order valence-corrected chi connectivity index (χ0v) is 21.2. The molecule has 3 aromatic heterocycles. The van der Waals surface area contributed by atoms with Gasteiger partial charge in [-0.25, -0.2) is 15.0 Å². The van der Waals surface area contributed by atoms with Crippen LogP contribution in [0, 0.1) is 0 Å². The van der Waals surface area contributed by atoms with E-state index in [4.69, 9.17) is 9.72 Å². The molecular weight excluding hydrogens is 428 g/mol. The number of aromatic nitrogens is 4. The number of piperidine rings is 1. The molecule has 176 valence electrons. The summed E-state index contributed by atoms with van der Waals surface area (Å²) in [7, 11) is -1.12. The lowest BCUT2D eigenvalue weighted by Gasteiger charge is -2.35. The fourth-order valence-electron chi connectivity index (χ4n) is 5.20. The van der Waals surface area contributed by atoms with Crippen molar-refractivity contribution in [3.05, 3.63) is 37.1 Å². The Labute approximate surface area is 197 Å². The number of ether oxygens (including phenoxy) is 1. The second kappa shape index (κ2) is 9.16. The maximum atomic E-state index is 6.11. The van der Waals surface area contributed by atoms with E-state index in [-0.39, 0.29) is 5.54 Å². The van der Waals surface area contributed by atoms with Crippen molar-refractivity contribution in [1.29, 1.82) is 0 Å². The molecule has 1 spiro atoms. The smallest absolute Gasteiger partial charge is 0.144 e. The second-order valence-corrected chi connectivity index (χ2v) is 16.4. The maximum absolute atomic E-state index is 6.11. The Bertz CT molecular complexity index is 1090. The quantitative estimate of drug-likeness (QED) is 0.409. The van der Waals surface area contributed by atoms with Crippen LogP contribution in [-0.4, -0.2) is 59.4 Å². The molecular formula is C25H36N6OSi. The number of fused-ring (bicyclic) bond motifs is 1. The highest BCUT2D eigenvalue weighted by molar-refractivity contribution is 6.76. The highest BCUT2D eigenvalue weighted by Gasteiger charge is 2.39. The van der Waals surface area contributed by atoms with Crippen LogP contribution < -0.4 is 10.2 Å². The highest BCUT2D eigenvalue weighted by atomic mass is 28.3. The van der Waals surface area contributed by atoms with Crippen LogP contribution in [0.2, 0.25) is 25.7 Å². The minimum absolute atomic E-state index is 0.255. The second-order valence-electron chi connectivity index (χ2n) is 10.8. The zero-order valence-electron chi connectivity index (χ0n) is 20.2. The largest absolute Gasteiger partial charge is 0.369 e. The lowest BCUT2D eigenvalue weighted by molar-refractivity contribution is 0.0899. The van der Waals surface area contributed by atoms with Crippen LogP contribution in [0.3, 0.4) is 0 Å². The molecule has 0 aromatic carbocycles. The maximum Gasteiger partial charge on any atom is 0.144 e. The van der Waals surface area contributed by atoms with Crippen LogP contribution in [0.15, 0.2) is 37.1 Å². The Hall–Kier alpha value is -2.29. The number of anilines is 1. The Kier molecular flexibility index (Phi) is 6.24. The summed E-state index contributed by atoms with van der Waals surface area (Å²) >= 11 is 0. The molecule has 2 fully saturated rings. The summed E-state index contributed by atoms with van der Waals surface area (Å²) in [6, 6.07) is 5.31. The van der Waals surface area contributed by atoms with Gasteiger partial charge < -0.3 is 19.5 Å². The molecule has 3 aromatic rings. The normalized spacial score (nSPS) is 21.4. The van der Waals surface area contributed by atoms with Gasteiger partial charge >= 0.3 is 0 Å². The molecule has 0 unspecified atom stereocenters. The number of nitrogens with one attached hydrogen (secondary N) is 1. The molecule has 0 saturated carbocycles. The lowest BCUT2D eigenvalue weighted by atomic mass is 9.88. The number of nitrogens with zero attached hydrogens (tertiary/aromatic N) is 5. The van der Waals surface area contributed by atoms with E-state index in [1.165, 1.54) is 31.4 Å². The summed E-state index contributed by atoms with van der Waals surface area (Å²) in [6.07, 6.45) is 12.6. The molecule has 2 aliphatic rings. The molecule has 5 heterocycles. The van der Waals surface area contributed by atoms with E-state index in [2.05, 4.69) is 56.7 Å². The molecule has 8 heteroatoms. The zero-order chi connectivity index (χ0) is 22.9. The van der Waals surface area contributed by atoms with Crippen molar-refractivity contribution >= 4 is 24.8 Å². The minimum Gasteiger partial charge on any atom is -0.369 e. The van der Waals surface area contributed by atoms with E-state index in [1.54, 1.807) is 6.33 Å². The highest BCUT2D eigenvalue weighted by Crippen LogP contribution is 2.39. The van der Waals surface area contributed by atoms with Crippen molar-refractivity contribution in [1.82, 2.24) is 24.8 Å². The molecule has 1 atom stereocenters. The van der Waals surface area contributed by atoms with Crippen LogP contribution in [0.4, 0.5) is 5.69 Å². The van der Waals surface area contributed by atoms with E-state index in [9.17, 15) is 0 Å². The van der Waals surface area contributed by atoms with E-state index < -0.39 is 8.07 Å². The van der Waals surface area contributed by atoms with E-state index in [0.717, 1.165) is 54.6 Å². The van der Waals surface area contributed by atoms with Crippen molar-refractivity contribution < 1.29 is 4.74 Å². The van der Waals surface area contributed by atoms with Gasteiger partial charge in [0.2, 0.25) is 0 Å². The minimum atomic E-state index is -1.12. The third kappa shape index (κ3) is 4.83. The van der Waals surface area contributed by atoms with Gasteiger partial charge in [-0.2, -0.15) is 0 Å². The summed E-state index contributed by atoms with van der Waals surface area (Å²) < 4.78 is 8.25. The molecule has 0 bridgehead atoms. The fourth-order valence-corrected chi connectivity index (χ4v) is 5.96. The summed E-state index contributed by atoms with van der Waals surface area (Å²) in [5, 5.41) is 5.01. The van der Waals surface area contributed by atoms with Gasteiger partial charge in [0.25, 0.3) is 0 Å². The van der Waals surface area contributed by atoms with Gasteiger partial charge in [0.05, 0.1) is 16.8 Å². The molecule has 1 N–H and O–H groups in total. The average molecular weight is 465 g/mol. The third-order valence-corrected chi connectivity index (χ3v) is 8.80. The van der Waals surface area contributed by atoms with E-state index >= 15 is 0 Å². The fraction of sp³-hybridized carbons (Fsp3) is 0.560. The predicted molar refractivity (Wildman–Crippen MR) is 136 cm³/mol. The Balaban J connectivity index is 1.49. The van der Waals surface area contributed by atoms with Gasteiger partial charge in [-0.05, 0) is 44.0 Å². The van der Waals surface area contributed by atoms with E-state index in [0.29, 0.717) is 6.73 Å². The van der Waals surface area contributed by atoms with Crippen LogP contribution in [0.1, 0.15) is 25.7 Å². The Morgan fingerprint density at radius 2 is 2.03 bits per heavy atom. The Morgan fingerprint density at radius 3 is 2.79 bits per heavy atom. The van der Waals surface area contributed by atoms with Crippen molar-refractivity contribution in [2.45, 2.75) is 63.6 Å². The first-order valence-corrected chi connectivity index (χ1v) is 16.0. The molecule has 2 aliphatic heterocycles. The van der Waals surface area contributed by atoms with Gasteiger partial charge in [0.1, 0.15) is 18.7 Å². The first-order chi connectivity index (χ1) is 15.9. The van der Waals surface area contributed by atoms with Crippen LogP contribution in [-0.2, 0) is 11.5 Å². The van der Waals surface area contributed by atoms with Crippen LogP contribution in [0.25, 0.3) is 22.3 Å². The first-order valence-electron chi connectivity index (χ1n) is 12.3. The van der Waals surface area contributed by atoms with Crippen LogP contribution in [0.5, 0.6) is 0 Å². The lowest BCUT2D eigenvalue weighted by Crippen LogP contribution is -2.50. The van der Waals surface area contributed by atoms with Crippen molar-refractivity contribution in [2.75, 3.05) is 31.1 Å². The SMILES string of the molecule is C[Si](C)(C)CCOCn1cc(-c2ccncn2)c2c(N3CC[C@@]4(CCCCN4)C3)ccnc21. The number of pyridine rings is 1. The summed E-state index contributed by atoms with van der Waals surface area (Å²) in [5.74, 6) is 0. The first kappa shape index (κ1) is 22.5. The Morgan fingerprint density at radius 1 is 1.12 bits per heavy atom. The molecule has 0 radical (unpaired) electrons. The summed E-state index contributed by atoms with van der Waals surface area (Å²) in [6.45, 7) is 11.7. The van der Waals surface area contributed by atoms with Crippen LogP contribution >= 0.6 is 0 Å². The van der Waals surface area contributed by atoms with Crippen molar-refractivity contribution in [3.63, 3.8) is 0 Å². The molecule has 0 aliphatic carbocycles. The summed E-state index contributed by atoms with van der Waals surface area (Å²) in [5.41, 5.74) is 4.49. The van der Waals surface area contributed by atoms with Gasteiger partial charge in [0.15, 0.2) is 0 Å². The molecule has 2 saturated heterocycles. The molecule has 7 nitrogen and oxygen atoms in total. The molecule has 33 heavy (non-hydrogen) atoms. The molecule has 0 amide bonds. The van der Waals surface area contributed by atoms with Crippen molar-refractivity contribution in [2.24, 2.45) is 0 Å². The topological polar surface area (TPSA) is 68.1 Å². The monoisotopic (exact) mass is 464 g/mol. The molecule has 5 rings (SSSR count). The average Bonchev–Trinajstić information content (AvgIpc) is 3.39. The number of hydrogen-bond acceptors (Lipinski definition) is 6. The van der Waals surface area contributed by atoms with Gasteiger partial charge in [-0.3, -0.25) is 0 Å². The predicted octanol–water partition coefficient (Wildman–Crippen LogP) is 4.53. The number of hydrogen-bond donors (Lipinski definition) is 1. The van der Waals surface area contributed by atoms with Gasteiger partial charge in [-0.1, -0.05) is 26.1 Å². The van der Waals surface area contributed by atoms with E-state index in [1.807, 2.05) is 18.5 Å². The third-order valence-electron chi connectivity index (χ3n) is 7.10. The van der Waals surface area contributed by atoms with Crippen molar-refractivity contribution in [3.8, 4) is 11.3 Å². The standard InChI is InChI=1S/C25H36N6OSi/c1-33(2,3)15-14-32-19-31-16-20(21-6-11-26-18-28-21)23-22(7-12-27-24(23)31)30-13-9-25(17-30)8-4-5-10-29-25/h6-7,11-12,16,18,29H,4-5,8-10,13-15,17,19H2,1-3H3/t25-/m0/s1. The number of rotatable bonds is 7. The summed E-state index contributed by atoms with van der Waals surface area (Å²) in [4.78, 5) is 16.0. The van der Waals surface area contributed by atoms with Gasteiger partial charge in [0, 0.05) is 57.5 Å².